The van der Waals surface area contributed by atoms with Crippen molar-refractivity contribution in [1.82, 2.24) is 5.32 Å². The molecule has 0 spiro atoms. The molecule has 2 atom stereocenters. The van der Waals surface area contributed by atoms with Crippen molar-refractivity contribution in [2.24, 2.45) is 11.8 Å². The largest absolute Gasteiger partial charge is 0.310 e. The summed E-state index contributed by atoms with van der Waals surface area (Å²) in [6.07, 6.45) is 3.94. The molecule has 1 aromatic rings. The van der Waals surface area contributed by atoms with Gasteiger partial charge in [-0.15, -0.1) is 0 Å². The number of hydrogen-bond acceptors (Lipinski definition) is 1. The van der Waals surface area contributed by atoms with E-state index >= 15 is 0 Å². The van der Waals surface area contributed by atoms with E-state index < -0.39 is 0 Å². The molecule has 0 heterocycles. The summed E-state index contributed by atoms with van der Waals surface area (Å²) in [4.78, 5) is 0. The molecular formula is C16H25N. The van der Waals surface area contributed by atoms with E-state index in [1.165, 1.54) is 19.3 Å². The predicted octanol–water partition coefficient (Wildman–Crippen LogP) is 3.95. The van der Waals surface area contributed by atoms with E-state index in [2.05, 4.69) is 50.4 Å². The Hall–Kier alpha value is -0.820. The Morgan fingerprint density at radius 1 is 1.29 bits per heavy atom. The topological polar surface area (TPSA) is 12.0 Å². The monoisotopic (exact) mass is 231 g/mol. The van der Waals surface area contributed by atoms with Crippen molar-refractivity contribution in [3.63, 3.8) is 0 Å². The molecule has 1 aliphatic carbocycles. The van der Waals surface area contributed by atoms with E-state index in [1.54, 1.807) is 11.1 Å². The first-order chi connectivity index (χ1) is 8.22. The molecule has 2 unspecified atom stereocenters. The number of nitrogens with one attached hydrogen (secondary N) is 1. The van der Waals surface area contributed by atoms with Crippen LogP contribution in [-0.4, -0.2) is 6.54 Å². The van der Waals surface area contributed by atoms with Crippen molar-refractivity contribution in [1.29, 1.82) is 0 Å². The van der Waals surface area contributed by atoms with Gasteiger partial charge in [-0.05, 0) is 48.8 Å². The van der Waals surface area contributed by atoms with Crippen LogP contribution < -0.4 is 5.32 Å². The average Bonchev–Trinajstić information content (AvgIpc) is 2.32. The lowest BCUT2D eigenvalue weighted by molar-refractivity contribution is 0.277. The van der Waals surface area contributed by atoms with Crippen LogP contribution in [-0.2, 0) is 6.42 Å². The summed E-state index contributed by atoms with van der Waals surface area (Å²) in [6.45, 7) is 7.95. The molecule has 1 aliphatic rings. The first-order valence-electron chi connectivity index (χ1n) is 7.03. The highest BCUT2D eigenvalue weighted by Crippen LogP contribution is 2.37. The maximum absolute atomic E-state index is 3.70. The van der Waals surface area contributed by atoms with Crippen molar-refractivity contribution in [2.45, 2.75) is 46.1 Å². The molecule has 17 heavy (non-hydrogen) atoms. The fourth-order valence-electron chi connectivity index (χ4n) is 3.18. The predicted molar refractivity (Wildman–Crippen MR) is 74.1 cm³/mol. The number of aryl methyl sites for hydroxylation is 1. The molecule has 0 bridgehead atoms. The zero-order valence-electron chi connectivity index (χ0n) is 11.4. The Balaban J connectivity index is 2.22. The molecule has 1 N–H and O–H groups in total. The second-order valence-corrected chi connectivity index (χ2v) is 5.66. The van der Waals surface area contributed by atoms with Crippen LogP contribution >= 0.6 is 0 Å². The van der Waals surface area contributed by atoms with Crippen LogP contribution in [0.5, 0.6) is 0 Å². The van der Waals surface area contributed by atoms with Gasteiger partial charge in [-0.1, -0.05) is 45.0 Å². The van der Waals surface area contributed by atoms with E-state index in [0.717, 1.165) is 18.4 Å². The summed E-state index contributed by atoms with van der Waals surface area (Å²) in [5.41, 5.74) is 3.10. The molecular weight excluding hydrogens is 206 g/mol. The van der Waals surface area contributed by atoms with Gasteiger partial charge < -0.3 is 5.32 Å². The smallest absolute Gasteiger partial charge is 0.0351 e. The summed E-state index contributed by atoms with van der Waals surface area (Å²) in [6, 6.07) is 9.54. The lowest BCUT2D eigenvalue weighted by atomic mass is 9.76. The molecule has 1 nitrogen and oxygen atoms in total. The van der Waals surface area contributed by atoms with Crippen LogP contribution in [0.25, 0.3) is 0 Å². The van der Waals surface area contributed by atoms with Crippen molar-refractivity contribution in [3.05, 3.63) is 35.4 Å². The van der Waals surface area contributed by atoms with Gasteiger partial charge in [-0.3, -0.25) is 0 Å². The summed E-state index contributed by atoms with van der Waals surface area (Å²) >= 11 is 0. The van der Waals surface area contributed by atoms with Crippen LogP contribution in [0.1, 0.15) is 50.8 Å². The molecule has 94 valence electrons. The van der Waals surface area contributed by atoms with Crippen molar-refractivity contribution in [3.8, 4) is 0 Å². The van der Waals surface area contributed by atoms with E-state index in [0.29, 0.717) is 6.04 Å². The highest BCUT2D eigenvalue weighted by Gasteiger charge is 2.28. The van der Waals surface area contributed by atoms with Gasteiger partial charge in [0.2, 0.25) is 0 Å². The van der Waals surface area contributed by atoms with Crippen LogP contribution in [0.15, 0.2) is 24.3 Å². The molecule has 0 fully saturated rings. The highest BCUT2D eigenvalue weighted by atomic mass is 14.9. The highest BCUT2D eigenvalue weighted by molar-refractivity contribution is 5.33. The van der Waals surface area contributed by atoms with Gasteiger partial charge in [0.1, 0.15) is 0 Å². The Bertz CT molecular complexity index is 356. The summed E-state index contributed by atoms with van der Waals surface area (Å²) in [7, 11) is 0. The first-order valence-corrected chi connectivity index (χ1v) is 7.03. The molecule has 0 aliphatic heterocycles. The van der Waals surface area contributed by atoms with Gasteiger partial charge in [-0.2, -0.15) is 0 Å². The fraction of sp³-hybridized carbons (Fsp3) is 0.625. The third kappa shape index (κ3) is 2.90. The van der Waals surface area contributed by atoms with E-state index in [1.807, 2.05) is 0 Å². The maximum atomic E-state index is 3.70. The number of rotatable bonds is 4. The van der Waals surface area contributed by atoms with E-state index in [-0.39, 0.29) is 0 Å². The van der Waals surface area contributed by atoms with Crippen LogP contribution in [0.3, 0.4) is 0 Å². The second kappa shape index (κ2) is 5.68. The van der Waals surface area contributed by atoms with Gasteiger partial charge in [0.05, 0.1) is 0 Å². The molecule has 0 aromatic heterocycles. The Kier molecular flexibility index (Phi) is 4.22. The van der Waals surface area contributed by atoms with Crippen molar-refractivity contribution in [2.75, 3.05) is 6.54 Å². The second-order valence-electron chi connectivity index (χ2n) is 5.66. The van der Waals surface area contributed by atoms with Gasteiger partial charge >= 0.3 is 0 Å². The summed E-state index contributed by atoms with van der Waals surface area (Å²) in [5.74, 6) is 1.61. The van der Waals surface area contributed by atoms with Gasteiger partial charge in [0.25, 0.3) is 0 Å². The minimum Gasteiger partial charge on any atom is -0.310 e. The Morgan fingerprint density at radius 3 is 2.76 bits per heavy atom. The van der Waals surface area contributed by atoms with E-state index in [4.69, 9.17) is 0 Å². The minimum absolute atomic E-state index is 0.576. The first kappa shape index (κ1) is 12.6. The lowest BCUT2D eigenvalue weighted by Gasteiger charge is -2.35. The normalized spacial score (nSPS) is 23.8. The number of fused-ring (bicyclic) bond motifs is 1. The SMILES string of the molecule is CCNC1c2ccccc2CCC1CC(C)C. The van der Waals surface area contributed by atoms with Crippen molar-refractivity contribution >= 4 is 0 Å². The van der Waals surface area contributed by atoms with Crippen molar-refractivity contribution < 1.29 is 0 Å². The average molecular weight is 231 g/mol. The number of benzene rings is 1. The maximum Gasteiger partial charge on any atom is 0.0351 e. The van der Waals surface area contributed by atoms with Crippen LogP contribution in [0.2, 0.25) is 0 Å². The fourth-order valence-corrected chi connectivity index (χ4v) is 3.18. The third-order valence-electron chi connectivity index (χ3n) is 3.84. The van der Waals surface area contributed by atoms with E-state index in [9.17, 15) is 0 Å². The minimum atomic E-state index is 0.576. The Labute approximate surface area is 106 Å². The molecule has 0 amide bonds. The standard InChI is InChI=1S/C16H25N/c1-4-17-16-14(11-12(2)3)10-9-13-7-5-6-8-15(13)16/h5-8,12,14,16-17H,4,9-11H2,1-3H3. The lowest BCUT2D eigenvalue weighted by Crippen LogP contribution is -2.33. The summed E-state index contributed by atoms with van der Waals surface area (Å²) < 4.78 is 0. The molecule has 0 saturated heterocycles. The van der Waals surface area contributed by atoms with Crippen LogP contribution in [0.4, 0.5) is 0 Å². The quantitative estimate of drug-likeness (QED) is 0.827. The molecule has 1 aromatic carbocycles. The molecule has 1 heteroatoms. The zero-order chi connectivity index (χ0) is 12.3. The molecule has 2 rings (SSSR count). The van der Waals surface area contributed by atoms with Gasteiger partial charge in [0, 0.05) is 6.04 Å². The van der Waals surface area contributed by atoms with Crippen LogP contribution in [0, 0.1) is 11.8 Å². The third-order valence-corrected chi connectivity index (χ3v) is 3.84. The molecule has 0 saturated carbocycles. The van der Waals surface area contributed by atoms with Gasteiger partial charge in [0.15, 0.2) is 0 Å². The zero-order valence-corrected chi connectivity index (χ0v) is 11.4. The Morgan fingerprint density at radius 2 is 2.06 bits per heavy atom. The summed E-state index contributed by atoms with van der Waals surface area (Å²) in [5, 5.41) is 3.70. The van der Waals surface area contributed by atoms with Gasteiger partial charge in [-0.25, -0.2) is 0 Å². The number of hydrogen-bond donors (Lipinski definition) is 1. The molecule has 0 radical (unpaired) electrons.